The zero-order valence-electron chi connectivity index (χ0n) is 18.6. The molecule has 0 aromatic heterocycles. The molecule has 4 unspecified atom stereocenters. The van der Waals surface area contributed by atoms with Crippen LogP contribution in [0.4, 0.5) is 0 Å². The van der Waals surface area contributed by atoms with Crippen LogP contribution in [-0.2, 0) is 17.6 Å². The average Bonchev–Trinajstić information content (AvgIpc) is 3.26. The van der Waals surface area contributed by atoms with Crippen LogP contribution < -0.4 is 9.47 Å². The molecular formula is C28H30O5. The Morgan fingerprint density at radius 3 is 2.55 bits per heavy atom. The van der Waals surface area contributed by atoms with Crippen molar-refractivity contribution in [3.05, 3.63) is 95.1 Å². The Balaban J connectivity index is 1.16. The Bertz CT molecular complexity index is 1040. The van der Waals surface area contributed by atoms with Crippen LogP contribution in [0.3, 0.4) is 0 Å². The van der Waals surface area contributed by atoms with Gasteiger partial charge in [-0.3, -0.25) is 0 Å². The van der Waals surface area contributed by atoms with Gasteiger partial charge in [0.25, 0.3) is 0 Å². The standard InChI is InChI=1S/C28H30O5/c29-17-25-15-23(30)16-28(32-25)21-6-3-4-20(13-21)12-19-8-10-24(11-9-19)31-18-26-14-22-5-1-2-7-27(22)33-26/h1-11,13,23,25-26,28-30H,12,14-18H2. The van der Waals surface area contributed by atoms with E-state index in [0.29, 0.717) is 19.4 Å². The number of ether oxygens (including phenoxy) is 3. The van der Waals surface area contributed by atoms with Crippen molar-refractivity contribution in [1.29, 1.82) is 0 Å². The summed E-state index contributed by atoms with van der Waals surface area (Å²) in [5.74, 6) is 1.80. The first kappa shape index (κ1) is 22.0. The van der Waals surface area contributed by atoms with E-state index >= 15 is 0 Å². The van der Waals surface area contributed by atoms with Crippen molar-refractivity contribution in [1.82, 2.24) is 0 Å². The van der Waals surface area contributed by atoms with Crippen molar-refractivity contribution < 1.29 is 24.4 Å². The van der Waals surface area contributed by atoms with Gasteiger partial charge in [-0.1, -0.05) is 54.6 Å². The molecule has 1 fully saturated rings. The predicted octanol–water partition coefficient (Wildman–Crippen LogP) is 4.23. The molecule has 0 radical (unpaired) electrons. The van der Waals surface area contributed by atoms with E-state index in [-0.39, 0.29) is 24.9 Å². The quantitative estimate of drug-likeness (QED) is 0.568. The lowest BCUT2D eigenvalue weighted by Crippen LogP contribution is -2.33. The molecule has 4 atom stereocenters. The average molecular weight is 447 g/mol. The third-order valence-electron chi connectivity index (χ3n) is 6.39. The first-order chi connectivity index (χ1) is 16.2. The summed E-state index contributed by atoms with van der Waals surface area (Å²) in [5.41, 5.74) is 4.66. The van der Waals surface area contributed by atoms with Gasteiger partial charge in [0.05, 0.1) is 24.9 Å². The number of hydrogen-bond donors (Lipinski definition) is 2. The van der Waals surface area contributed by atoms with E-state index < -0.39 is 6.10 Å². The zero-order chi connectivity index (χ0) is 22.6. The number of aliphatic hydroxyl groups is 2. The summed E-state index contributed by atoms with van der Waals surface area (Å²) in [6.45, 7) is 0.458. The van der Waals surface area contributed by atoms with Gasteiger partial charge in [-0.2, -0.15) is 0 Å². The van der Waals surface area contributed by atoms with Crippen molar-refractivity contribution >= 4 is 0 Å². The summed E-state index contributed by atoms with van der Waals surface area (Å²) in [6, 6.07) is 24.6. The Morgan fingerprint density at radius 2 is 1.73 bits per heavy atom. The lowest BCUT2D eigenvalue weighted by Gasteiger charge is -2.32. The Kier molecular flexibility index (Phi) is 6.63. The molecule has 0 aliphatic carbocycles. The number of hydrogen-bond acceptors (Lipinski definition) is 5. The van der Waals surface area contributed by atoms with Crippen molar-refractivity contribution in [3.8, 4) is 11.5 Å². The highest BCUT2D eigenvalue weighted by molar-refractivity contribution is 5.37. The minimum absolute atomic E-state index is 0.0516. The van der Waals surface area contributed by atoms with Gasteiger partial charge in [-0.15, -0.1) is 0 Å². The second kappa shape index (κ2) is 9.96. The highest BCUT2D eigenvalue weighted by atomic mass is 16.5. The molecule has 2 aliphatic rings. The van der Waals surface area contributed by atoms with Gasteiger partial charge in [-0.25, -0.2) is 0 Å². The molecule has 3 aromatic rings. The molecule has 1 saturated heterocycles. The fraction of sp³-hybridized carbons (Fsp3) is 0.357. The first-order valence-corrected chi connectivity index (χ1v) is 11.7. The van der Waals surface area contributed by atoms with Crippen LogP contribution in [0.2, 0.25) is 0 Å². The maximum Gasteiger partial charge on any atom is 0.137 e. The Labute approximate surface area is 194 Å². The van der Waals surface area contributed by atoms with E-state index in [9.17, 15) is 10.2 Å². The lowest BCUT2D eigenvalue weighted by atomic mass is 9.94. The fourth-order valence-electron chi connectivity index (χ4n) is 4.70. The van der Waals surface area contributed by atoms with Gasteiger partial charge < -0.3 is 24.4 Å². The number of aliphatic hydroxyl groups excluding tert-OH is 2. The van der Waals surface area contributed by atoms with E-state index in [1.807, 2.05) is 42.5 Å². The van der Waals surface area contributed by atoms with E-state index in [1.54, 1.807) is 0 Å². The van der Waals surface area contributed by atoms with E-state index in [0.717, 1.165) is 29.9 Å². The minimum atomic E-state index is -0.444. The van der Waals surface area contributed by atoms with Crippen LogP contribution in [0, 0.1) is 0 Å². The molecule has 0 bridgehead atoms. The highest BCUT2D eigenvalue weighted by Crippen LogP contribution is 2.32. The summed E-state index contributed by atoms with van der Waals surface area (Å²) in [4.78, 5) is 0. The summed E-state index contributed by atoms with van der Waals surface area (Å²) >= 11 is 0. The molecule has 2 aliphatic heterocycles. The smallest absolute Gasteiger partial charge is 0.137 e. The molecule has 33 heavy (non-hydrogen) atoms. The molecule has 0 amide bonds. The third kappa shape index (κ3) is 5.38. The summed E-state index contributed by atoms with van der Waals surface area (Å²) in [6.07, 6.45) is 1.84. The number of fused-ring (bicyclic) bond motifs is 1. The fourth-order valence-corrected chi connectivity index (χ4v) is 4.70. The Morgan fingerprint density at radius 1 is 0.879 bits per heavy atom. The van der Waals surface area contributed by atoms with Gasteiger partial charge >= 0.3 is 0 Å². The summed E-state index contributed by atoms with van der Waals surface area (Å²) < 4.78 is 17.9. The molecule has 3 aromatic carbocycles. The SMILES string of the molecule is OCC1CC(O)CC(c2cccc(Cc3ccc(OCC4Cc5ccccc5O4)cc3)c2)O1. The van der Waals surface area contributed by atoms with Gasteiger partial charge in [0, 0.05) is 19.3 Å². The highest BCUT2D eigenvalue weighted by Gasteiger charge is 2.29. The van der Waals surface area contributed by atoms with Crippen LogP contribution in [0.5, 0.6) is 11.5 Å². The van der Waals surface area contributed by atoms with Gasteiger partial charge in [0.15, 0.2) is 0 Å². The maximum atomic E-state index is 10.1. The van der Waals surface area contributed by atoms with Crippen molar-refractivity contribution in [2.75, 3.05) is 13.2 Å². The molecule has 2 heterocycles. The third-order valence-corrected chi connectivity index (χ3v) is 6.39. The molecule has 0 spiro atoms. The van der Waals surface area contributed by atoms with Crippen LogP contribution in [0.25, 0.3) is 0 Å². The summed E-state index contributed by atoms with van der Waals surface area (Å²) in [5, 5.41) is 19.6. The normalized spacial score (nSPS) is 24.2. The molecular weight excluding hydrogens is 416 g/mol. The summed E-state index contributed by atoms with van der Waals surface area (Å²) in [7, 11) is 0. The number of benzene rings is 3. The molecule has 5 heteroatoms. The minimum Gasteiger partial charge on any atom is -0.490 e. The van der Waals surface area contributed by atoms with E-state index in [2.05, 4.69) is 30.3 Å². The Hall–Kier alpha value is -2.86. The maximum absolute atomic E-state index is 10.1. The second-order valence-electron chi connectivity index (χ2n) is 8.98. The number of rotatable bonds is 7. The molecule has 0 saturated carbocycles. The first-order valence-electron chi connectivity index (χ1n) is 11.7. The van der Waals surface area contributed by atoms with Crippen molar-refractivity contribution in [2.45, 2.75) is 50.1 Å². The monoisotopic (exact) mass is 446 g/mol. The van der Waals surface area contributed by atoms with Crippen LogP contribution >= 0.6 is 0 Å². The van der Waals surface area contributed by atoms with Gasteiger partial charge in [0.1, 0.15) is 24.2 Å². The number of para-hydroxylation sites is 1. The molecule has 2 N–H and O–H groups in total. The van der Waals surface area contributed by atoms with Crippen LogP contribution in [0.15, 0.2) is 72.8 Å². The van der Waals surface area contributed by atoms with Crippen molar-refractivity contribution in [3.63, 3.8) is 0 Å². The molecule has 5 nitrogen and oxygen atoms in total. The van der Waals surface area contributed by atoms with Crippen LogP contribution in [0.1, 0.15) is 41.2 Å². The topological polar surface area (TPSA) is 68.2 Å². The van der Waals surface area contributed by atoms with E-state index in [4.69, 9.17) is 14.2 Å². The second-order valence-corrected chi connectivity index (χ2v) is 8.98. The van der Waals surface area contributed by atoms with E-state index in [1.165, 1.54) is 16.7 Å². The largest absolute Gasteiger partial charge is 0.490 e. The van der Waals surface area contributed by atoms with Gasteiger partial charge in [-0.05, 0) is 46.9 Å². The van der Waals surface area contributed by atoms with Gasteiger partial charge in [0.2, 0.25) is 0 Å². The van der Waals surface area contributed by atoms with Crippen molar-refractivity contribution in [2.24, 2.45) is 0 Å². The predicted molar refractivity (Wildman–Crippen MR) is 126 cm³/mol. The lowest BCUT2D eigenvalue weighted by molar-refractivity contribution is -0.113. The van der Waals surface area contributed by atoms with Crippen LogP contribution in [-0.4, -0.2) is 41.7 Å². The molecule has 5 rings (SSSR count). The molecule has 172 valence electrons. The zero-order valence-corrected chi connectivity index (χ0v) is 18.6.